The van der Waals surface area contributed by atoms with Crippen molar-refractivity contribution in [3.8, 4) is 5.75 Å². The van der Waals surface area contributed by atoms with Gasteiger partial charge < -0.3 is 9.57 Å². The van der Waals surface area contributed by atoms with Gasteiger partial charge >= 0.3 is 0 Å². The molecule has 27 heavy (non-hydrogen) atoms. The lowest BCUT2D eigenvalue weighted by atomic mass is 9.95. The first-order valence-electron chi connectivity index (χ1n) is 8.54. The third-order valence-electron chi connectivity index (χ3n) is 4.95. The smallest absolute Gasteiger partial charge is 0.246 e. The molecule has 1 saturated heterocycles. The Morgan fingerprint density at radius 2 is 1.93 bits per heavy atom. The van der Waals surface area contributed by atoms with Crippen molar-refractivity contribution in [3.63, 3.8) is 0 Å². The van der Waals surface area contributed by atoms with Crippen LogP contribution in [0.5, 0.6) is 5.75 Å². The topological polar surface area (TPSA) is 68.2 Å². The first kappa shape index (κ1) is 17.9. The van der Waals surface area contributed by atoms with Gasteiger partial charge in [-0.25, -0.2) is 12.8 Å². The molecule has 8 heteroatoms. The van der Waals surface area contributed by atoms with Crippen molar-refractivity contribution in [2.45, 2.75) is 17.9 Å². The highest BCUT2D eigenvalue weighted by atomic mass is 32.2. The zero-order valence-electron chi connectivity index (χ0n) is 14.9. The van der Waals surface area contributed by atoms with Gasteiger partial charge in [0, 0.05) is 6.54 Å². The fraction of sp³-hybridized carbons (Fsp3) is 0.316. The number of oxime groups is 1. The number of benzene rings is 2. The second-order valence-electron chi connectivity index (χ2n) is 6.71. The van der Waals surface area contributed by atoms with Crippen LogP contribution in [0.1, 0.15) is 11.1 Å². The number of hydrogen-bond donors (Lipinski definition) is 0. The van der Waals surface area contributed by atoms with Crippen molar-refractivity contribution in [2.75, 3.05) is 20.2 Å². The van der Waals surface area contributed by atoms with E-state index in [0.717, 1.165) is 11.1 Å². The third kappa shape index (κ3) is 3.08. The average Bonchev–Trinajstić information content (AvgIpc) is 3.23. The molecule has 2 aromatic carbocycles. The summed E-state index contributed by atoms with van der Waals surface area (Å²) in [6.45, 7) is 2.33. The zero-order valence-corrected chi connectivity index (χ0v) is 15.7. The summed E-state index contributed by atoms with van der Waals surface area (Å²) in [4.78, 5) is 5.60. The Kier molecular flexibility index (Phi) is 4.39. The molecule has 2 aliphatic heterocycles. The summed E-state index contributed by atoms with van der Waals surface area (Å²) in [5.74, 6) is -0.209. The molecule has 2 atom stereocenters. The van der Waals surface area contributed by atoms with E-state index in [9.17, 15) is 12.8 Å². The molecular weight excluding hydrogens is 371 g/mol. The molecule has 142 valence electrons. The molecule has 4 rings (SSSR count). The van der Waals surface area contributed by atoms with E-state index in [2.05, 4.69) is 5.16 Å². The first-order valence-corrected chi connectivity index (χ1v) is 9.98. The predicted molar refractivity (Wildman–Crippen MR) is 97.8 cm³/mol. The van der Waals surface area contributed by atoms with Crippen LogP contribution in [0.15, 0.2) is 52.5 Å². The minimum Gasteiger partial charge on any atom is -0.495 e. The predicted octanol–water partition coefficient (Wildman–Crippen LogP) is 2.57. The standard InChI is InChI=1S/C19H19FN2O4S/c1-12-3-8-18(16(9-12)25-2)27(23,24)22-10-15-17(11-22)26-21-19(15)13-4-6-14(20)7-5-13/h3-9,15,17H,10-11H2,1-2H3. The second kappa shape index (κ2) is 6.61. The molecule has 0 N–H and O–H groups in total. The zero-order chi connectivity index (χ0) is 19.2. The van der Waals surface area contributed by atoms with Gasteiger partial charge in [0.05, 0.1) is 25.3 Å². The van der Waals surface area contributed by atoms with Crippen LogP contribution in [0.25, 0.3) is 0 Å². The van der Waals surface area contributed by atoms with Crippen molar-refractivity contribution in [3.05, 3.63) is 59.4 Å². The molecule has 0 bridgehead atoms. The summed E-state index contributed by atoms with van der Waals surface area (Å²) in [5, 5.41) is 4.10. The third-order valence-corrected chi connectivity index (χ3v) is 6.82. The molecule has 2 unspecified atom stereocenters. The maximum absolute atomic E-state index is 13.2. The lowest BCUT2D eigenvalue weighted by Crippen LogP contribution is -2.31. The molecule has 2 heterocycles. The highest BCUT2D eigenvalue weighted by Crippen LogP contribution is 2.35. The summed E-state index contributed by atoms with van der Waals surface area (Å²) >= 11 is 0. The van der Waals surface area contributed by atoms with Crippen LogP contribution in [0.2, 0.25) is 0 Å². The van der Waals surface area contributed by atoms with Gasteiger partial charge in [-0.2, -0.15) is 4.31 Å². The number of ether oxygens (including phenoxy) is 1. The van der Waals surface area contributed by atoms with Gasteiger partial charge in [-0.05, 0) is 42.3 Å². The summed E-state index contributed by atoms with van der Waals surface area (Å²) < 4.78 is 46.1. The molecular formula is C19H19FN2O4S. The number of sulfonamides is 1. The van der Waals surface area contributed by atoms with Crippen LogP contribution in [-0.2, 0) is 14.9 Å². The van der Waals surface area contributed by atoms with Gasteiger partial charge in [0.15, 0.2) is 6.10 Å². The van der Waals surface area contributed by atoms with Gasteiger partial charge in [-0.1, -0.05) is 23.4 Å². The number of fused-ring (bicyclic) bond motifs is 1. The Morgan fingerprint density at radius 3 is 2.63 bits per heavy atom. The van der Waals surface area contributed by atoms with Crippen molar-refractivity contribution in [2.24, 2.45) is 11.1 Å². The highest BCUT2D eigenvalue weighted by Gasteiger charge is 2.47. The second-order valence-corrected chi connectivity index (χ2v) is 8.62. The molecule has 6 nitrogen and oxygen atoms in total. The summed E-state index contributed by atoms with van der Waals surface area (Å²) in [6.07, 6.45) is -0.351. The SMILES string of the molecule is COc1cc(C)ccc1S(=O)(=O)N1CC2ON=C(c3ccc(F)cc3)C2C1. The van der Waals surface area contributed by atoms with Crippen LogP contribution in [0, 0.1) is 18.7 Å². The quantitative estimate of drug-likeness (QED) is 0.805. The molecule has 0 aromatic heterocycles. The van der Waals surface area contributed by atoms with E-state index in [0.29, 0.717) is 11.5 Å². The lowest BCUT2D eigenvalue weighted by Gasteiger charge is -2.19. The Balaban J connectivity index is 1.61. The van der Waals surface area contributed by atoms with Gasteiger partial charge in [0.25, 0.3) is 0 Å². The monoisotopic (exact) mass is 390 g/mol. The molecule has 0 amide bonds. The average molecular weight is 390 g/mol. The van der Waals surface area contributed by atoms with Crippen LogP contribution in [0.4, 0.5) is 4.39 Å². The van der Waals surface area contributed by atoms with Crippen LogP contribution < -0.4 is 4.74 Å². The Bertz CT molecular complexity index is 1000. The van der Waals surface area contributed by atoms with Crippen molar-refractivity contribution < 1.29 is 22.4 Å². The number of hydrogen-bond acceptors (Lipinski definition) is 5. The molecule has 0 aliphatic carbocycles. The fourth-order valence-corrected chi connectivity index (χ4v) is 5.13. The molecule has 0 spiro atoms. The number of aryl methyl sites for hydroxylation is 1. The van der Waals surface area contributed by atoms with E-state index in [1.807, 2.05) is 6.92 Å². The minimum atomic E-state index is -3.74. The molecule has 0 saturated carbocycles. The van der Waals surface area contributed by atoms with E-state index >= 15 is 0 Å². The van der Waals surface area contributed by atoms with Gasteiger partial charge in [-0.3, -0.25) is 0 Å². The summed E-state index contributed by atoms with van der Waals surface area (Å²) in [7, 11) is -2.29. The lowest BCUT2D eigenvalue weighted by molar-refractivity contribution is 0.0803. The van der Waals surface area contributed by atoms with E-state index in [1.165, 1.54) is 23.5 Å². The fourth-order valence-electron chi connectivity index (χ4n) is 3.51. The number of halogens is 1. The van der Waals surface area contributed by atoms with E-state index in [-0.39, 0.29) is 35.8 Å². The highest BCUT2D eigenvalue weighted by molar-refractivity contribution is 7.89. The molecule has 0 radical (unpaired) electrons. The Morgan fingerprint density at radius 1 is 1.19 bits per heavy atom. The largest absolute Gasteiger partial charge is 0.495 e. The van der Waals surface area contributed by atoms with Gasteiger partial charge in [0.2, 0.25) is 10.0 Å². The van der Waals surface area contributed by atoms with Gasteiger partial charge in [0.1, 0.15) is 16.5 Å². The Labute approximate surface area is 157 Å². The van der Waals surface area contributed by atoms with E-state index < -0.39 is 10.0 Å². The minimum absolute atomic E-state index is 0.135. The van der Waals surface area contributed by atoms with Crippen LogP contribution in [0.3, 0.4) is 0 Å². The number of methoxy groups -OCH3 is 1. The van der Waals surface area contributed by atoms with Gasteiger partial charge in [-0.15, -0.1) is 0 Å². The first-order chi connectivity index (χ1) is 12.9. The Hall–Kier alpha value is -2.45. The maximum Gasteiger partial charge on any atom is 0.246 e. The van der Waals surface area contributed by atoms with Crippen LogP contribution >= 0.6 is 0 Å². The number of nitrogens with zero attached hydrogens (tertiary/aromatic N) is 2. The molecule has 1 fully saturated rings. The normalized spacial score (nSPS) is 22.3. The molecule has 2 aromatic rings. The van der Waals surface area contributed by atoms with E-state index in [4.69, 9.17) is 9.57 Å². The van der Waals surface area contributed by atoms with Crippen molar-refractivity contribution in [1.82, 2.24) is 4.31 Å². The molecule has 2 aliphatic rings. The van der Waals surface area contributed by atoms with E-state index in [1.54, 1.807) is 30.3 Å². The number of rotatable bonds is 4. The van der Waals surface area contributed by atoms with Crippen LogP contribution in [-0.4, -0.2) is 44.7 Å². The summed E-state index contributed by atoms with van der Waals surface area (Å²) in [5.41, 5.74) is 2.29. The van der Waals surface area contributed by atoms with Crippen molar-refractivity contribution in [1.29, 1.82) is 0 Å². The maximum atomic E-state index is 13.2. The van der Waals surface area contributed by atoms with Crippen molar-refractivity contribution >= 4 is 15.7 Å². The summed E-state index contributed by atoms with van der Waals surface area (Å²) in [6, 6.07) is 11.0.